The summed E-state index contributed by atoms with van der Waals surface area (Å²) < 4.78 is 11.5. The van der Waals surface area contributed by atoms with E-state index >= 15 is 0 Å². The molecule has 10 heteroatoms. The van der Waals surface area contributed by atoms with Gasteiger partial charge in [-0.2, -0.15) is 0 Å². The second kappa shape index (κ2) is 23.4. The molecule has 2 aromatic carbocycles. The molecule has 0 amide bonds. The van der Waals surface area contributed by atoms with Crippen molar-refractivity contribution >= 4 is 46.4 Å². The second-order valence-corrected chi connectivity index (χ2v) is 12.7. The molecule has 0 aliphatic carbocycles. The Balaban J connectivity index is 2.32. The number of rotatable bonds is 25. The Morgan fingerprint density at radius 2 is 0.886 bits per heavy atom. The number of benzene rings is 2. The molecular weight excluding hydrogens is 642 g/mol. The lowest BCUT2D eigenvalue weighted by molar-refractivity contribution is 0.0469. The Hall–Kier alpha value is -0.960. The van der Waals surface area contributed by atoms with Gasteiger partial charge in [-0.05, 0) is 61.1 Å². The maximum Gasteiger partial charge on any atom is 0.119 e. The molecule has 2 N–H and O–H groups in total. The molecule has 0 radical (unpaired) electrons. The summed E-state index contributed by atoms with van der Waals surface area (Å²) in [4.78, 5) is 4.42. The van der Waals surface area contributed by atoms with E-state index in [1.165, 1.54) is 0 Å². The molecule has 44 heavy (non-hydrogen) atoms. The molecule has 4 atom stereocenters. The fraction of sp³-hybridized carbons (Fsp3) is 0.647. The number of halogens is 4. The van der Waals surface area contributed by atoms with Gasteiger partial charge >= 0.3 is 0 Å². The van der Waals surface area contributed by atoms with Gasteiger partial charge in [-0.3, -0.25) is 0 Å². The van der Waals surface area contributed by atoms with E-state index in [-0.39, 0.29) is 11.8 Å². The standard InChI is InChI=1S/C34H52Cl4N2O4/c1-3-23-43-31-11-7-27(8-12-31)33(41)29(25-39(19-15-35)20-16-36)5-6-30(26-40(21-17-37)22-18-38)34(42)28-9-13-32(14-10-28)44-24-4-2/h7-14,29-30,33-34,41-42H,3-6,15-26H2,1-2H3/t29-,30+,33-,34-/m1/s1. The monoisotopic (exact) mass is 692 g/mol. The molecule has 0 aliphatic rings. The lowest BCUT2D eigenvalue weighted by Gasteiger charge is -2.34. The molecule has 0 bridgehead atoms. The molecule has 0 aliphatic heterocycles. The van der Waals surface area contributed by atoms with Crippen LogP contribution in [0.4, 0.5) is 0 Å². The van der Waals surface area contributed by atoms with E-state index in [4.69, 9.17) is 55.9 Å². The van der Waals surface area contributed by atoms with Crippen LogP contribution < -0.4 is 9.47 Å². The highest BCUT2D eigenvalue weighted by Crippen LogP contribution is 2.34. The molecule has 0 spiro atoms. The third-order valence-electron chi connectivity index (χ3n) is 7.78. The molecule has 0 saturated carbocycles. The van der Waals surface area contributed by atoms with Crippen molar-refractivity contribution < 1.29 is 19.7 Å². The van der Waals surface area contributed by atoms with E-state index in [0.29, 0.717) is 88.8 Å². The van der Waals surface area contributed by atoms with Crippen LogP contribution in [0.1, 0.15) is 62.9 Å². The Morgan fingerprint density at radius 1 is 0.568 bits per heavy atom. The van der Waals surface area contributed by atoms with E-state index in [2.05, 4.69) is 23.6 Å². The quantitative estimate of drug-likeness (QED) is 0.104. The van der Waals surface area contributed by atoms with Gasteiger partial charge in [-0.15, -0.1) is 46.4 Å². The first-order valence-electron chi connectivity index (χ1n) is 15.9. The largest absolute Gasteiger partial charge is 0.494 e. The first-order chi connectivity index (χ1) is 21.4. The van der Waals surface area contributed by atoms with Gasteiger partial charge in [-0.25, -0.2) is 0 Å². The maximum atomic E-state index is 11.7. The summed E-state index contributed by atoms with van der Waals surface area (Å²) in [6, 6.07) is 15.4. The van der Waals surface area contributed by atoms with E-state index < -0.39 is 12.2 Å². The second-order valence-electron chi connectivity index (χ2n) is 11.2. The fourth-order valence-corrected chi connectivity index (χ4v) is 6.32. The number of hydrogen-bond acceptors (Lipinski definition) is 6. The Labute approximate surface area is 285 Å². The molecule has 2 aromatic rings. The van der Waals surface area contributed by atoms with Crippen LogP contribution in [0.5, 0.6) is 11.5 Å². The van der Waals surface area contributed by atoms with Crippen molar-refractivity contribution in [3.63, 3.8) is 0 Å². The molecular formula is C34H52Cl4N2O4. The van der Waals surface area contributed by atoms with E-state index in [9.17, 15) is 10.2 Å². The van der Waals surface area contributed by atoms with Crippen molar-refractivity contribution in [3.05, 3.63) is 59.7 Å². The highest BCUT2D eigenvalue weighted by Gasteiger charge is 2.29. The average Bonchev–Trinajstić information content (AvgIpc) is 3.04. The van der Waals surface area contributed by atoms with Gasteiger partial charge in [0.2, 0.25) is 0 Å². The van der Waals surface area contributed by atoms with Crippen LogP contribution in [0.2, 0.25) is 0 Å². The highest BCUT2D eigenvalue weighted by molar-refractivity contribution is 6.18. The minimum Gasteiger partial charge on any atom is -0.494 e. The van der Waals surface area contributed by atoms with Crippen molar-refractivity contribution in [1.82, 2.24) is 9.80 Å². The van der Waals surface area contributed by atoms with E-state index in [0.717, 1.165) is 35.5 Å². The summed E-state index contributed by atoms with van der Waals surface area (Å²) in [5.74, 6) is 3.28. The first-order valence-corrected chi connectivity index (χ1v) is 18.0. The van der Waals surface area contributed by atoms with E-state index in [1.807, 2.05) is 48.5 Å². The zero-order chi connectivity index (χ0) is 32.2. The summed E-state index contributed by atoms with van der Waals surface area (Å²) in [6.07, 6.45) is 1.81. The molecule has 0 unspecified atom stereocenters. The minimum absolute atomic E-state index is 0.113. The predicted octanol–water partition coefficient (Wildman–Crippen LogP) is 7.60. The predicted molar refractivity (Wildman–Crippen MR) is 186 cm³/mol. The molecule has 250 valence electrons. The molecule has 0 saturated heterocycles. The van der Waals surface area contributed by atoms with Gasteiger partial charge < -0.3 is 29.5 Å². The third-order valence-corrected chi connectivity index (χ3v) is 8.45. The van der Waals surface area contributed by atoms with Crippen molar-refractivity contribution in [1.29, 1.82) is 0 Å². The number of aliphatic hydroxyl groups is 2. The van der Waals surface area contributed by atoms with Crippen molar-refractivity contribution in [2.75, 3.05) is 76.0 Å². The Bertz CT molecular complexity index is 895. The van der Waals surface area contributed by atoms with Gasteiger partial charge in [0.25, 0.3) is 0 Å². The van der Waals surface area contributed by atoms with Crippen LogP contribution in [0, 0.1) is 11.8 Å². The highest BCUT2D eigenvalue weighted by atomic mass is 35.5. The molecule has 0 aromatic heterocycles. The average molecular weight is 695 g/mol. The van der Waals surface area contributed by atoms with Gasteiger partial charge in [-0.1, -0.05) is 38.1 Å². The molecule has 2 rings (SSSR count). The summed E-state index contributed by atoms with van der Waals surface area (Å²) in [5.41, 5.74) is 1.67. The van der Waals surface area contributed by atoms with Crippen molar-refractivity contribution in [3.8, 4) is 11.5 Å². The molecule has 0 heterocycles. The van der Waals surface area contributed by atoms with Gasteiger partial charge in [0.1, 0.15) is 11.5 Å². The number of alkyl halides is 4. The number of aliphatic hydroxyl groups excluding tert-OH is 2. The number of hydrogen-bond donors (Lipinski definition) is 2. The lowest BCUT2D eigenvalue weighted by atomic mass is 9.84. The Kier molecular flexibility index (Phi) is 20.8. The summed E-state index contributed by atoms with van der Waals surface area (Å²) >= 11 is 24.5. The lowest BCUT2D eigenvalue weighted by Crippen LogP contribution is -2.37. The van der Waals surface area contributed by atoms with Crippen LogP contribution >= 0.6 is 46.4 Å². The van der Waals surface area contributed by atoms with Crippen LogP contribution in [0.3, 0.4) is 0 Å². The van der Waals surface area contributed by atoms with Crippen molar-refractivity contribution in [2.45, 2.75) is 51.7 Å². The van der Waals surface area contributed by atoms with Crippen LogP contribution in [0.15, 0.2) is 48.5 Å². The SMILES string of the molecule is CCCOc1ccc([C@@H](O)[C@H](CC[C@@H](CN(CCCl)CCCl)[C@H](O)c2ccc(OCCC)cc2)CN(CCCl)CCCl)cc1. The van der Waals surface area contributed by atoms with Gasteiger partial charge in [0, 0.05) is 74.6 Å². The van der Waals surface area contributed by atoms with Gasteiger partial charge in [0.05, 0.1) is 25.4 Å². The topological polar surface area (TPSA) is 65.4 Å². The van der Waals surface area contributed by atoms with Crippen LogP contribution in [-0.4, -0.2) is 96.0 Å². The molecule has 6 nitrogen and oxygen atoms in total. The number of nitrogens with zero attached hydrogens (tertiary/aromatic N) is 2. The van der Waals surface area contributed by atoms with E-state index in [1.54, 1.807) is 0 Å². The maximum absolute atomic E-state index is 11.7. The molecule has 0 fully saturated rings. The summed E-state index contributed by atoms with van der Waals surface area (Å²) in [7, 11) is 0. The minimum atomic E-state index is -0.710. The number of ether oxygens (including phenoxy) is 2. The van der Waals surface area contributed by atoms with Crippen LogP contribution in [0.25, 0.3) is 0 Å². The van der Waals surface area contributed by atoms with Gasteiger partial charge in [0.15, 0.2) is 0 Å². The van der Waals surface area contributed by atoms with Crippen LogP contribution in [-0.2, 0) is 0 Å². The Morgan fingerprint density at radius 3 is 1.16 bits per heavy atom. The van der Waals surface area contributed by atoms with Crippen molar-refractivity contribution in [2.24, 2.45) is 11.8 Å². The zero-order valence-corrected chi connectivity index (χ0v) is 29.4. The summed E-state index contributed by atoms with van der Waals surface area (Å²) in [6.45, 7) is 9.43. The zero-order valence-electron chi connectivity index (χ0n) is 26.4. The summed E-state index contributed by atoms with van der Waals surface area (Å²) in [5, 5.41) is 23.4. The third kappa shape index (κ3) is 14.2. The smallest absolute Gasteiger partial charge is 0.119 e. The fourth-order valence-electron chi connectivity index (χ4n) is 5.36. The normalized spacial score (nSPS) is 14.5. The first kappa shape index (κ1) is 39.2.